The number of aliphatic hydroxyl groups is 1. The van der Waals surface area contributed by atoms with Crippen molar-refractivity contribution in [2.45, 2.75) is 39.2 Å². The Morgan fingerprint density at radius 1 is 1.15 bits per heavy atom. The highest BCUT2D eigenvalue weighted by Crippen LogP contribution is 2.40. The van der Waals surface area contributed by atoms with Gasteiger partial charge < -0.3 is 19.6 Å². The summed E-state index contributed by atoms with van der Waals surface area (Å²) in [6.45, 7) is 5.80. The minimum atomic E-state index is -0.657. The number of aryl methyl sites for hydroxylation is 1. The van der Waals surface area contributed by atoms with Crippen LogP contribution in [0.5, 0.6) is 5.75 Å². The molecule has 1 heterocycles. The molecule has 7 heteroatoms. The van der Waals surface area contributed by atoms with Crippen LogP contribution in [0.15, 0.2) is 52.5 Å². The number of Topliss-reactive ketones (excluding diaryl/α,β-unsaturated/α-hetero) is 1. The summed E-state index contributed by atoms with van der Waals surface area (Å²) in [7, 11) is 3.94. The molecule has 1 aliphatic heterocycles. The number of aliphatic hydroxyl groups excluding tert-OH is 1. The van der Waals surface area contributed by atoms with Crippen molar-refractivity contribution in [1.82, 2.24) is 9.80 Å². The molecule has 0 aromatic heterocycles. The molecular weight excluding hydrogens is 496 g/mol. The van der Waals surface area contributed by atoms with Crippen molar-refractivity contribution >= 4 is 33.4 Å². The molecule has 0 saturated carbocycles. The van der Waals surface area contributed by atoms with E-state index in [4.69, 9.17) is 4.74 Å². The van der Waals surface area contributed by atoms with Crippen LogP contribution in [-0.2, 0) is 9.59 Å². The maximum Gasteiger partial charge on any atom is 0.295 e. The average Bonchev–Trinajstić information content (AvgIpc) is 3.04. The number of carbonyl (C=O) groups excluding carboxylic acids is 2. The second-order valence-electron chi connectivity index (χ2n) is 8.88. The number of ether oxygens (including phenoxy) is 1. The van der Waals surface area contributed by atoms with Gasteiger partial charge >= 0.3 is 0 Å². The zero-order valence-corrected chi connectivity index (χ0v) is 21.9. The molecule has 1 aliphatic rings. The van der Waals surface area contributed by atoms with Gasteiger partial charge in [-0.1, -0.05) is 41.4 Å². The van der Waals surface area contributed by atoms with Gasteiger partial charge in [0.15, 0.2) is 0 Å². The molecule has 1 fully saturated rings. The Morgan fingerprint density at radius 3 is 2.56 bits per heavy atom. The highest BCUT2D eigenvalue weighted by molar-refractivity contribution is 9.10. The Balaban J connectivity index is 2.04. The van der Waals surface area contributed by atoms with E-state index in [9.17, 15) is 14.7 Å². The first-order valence-electron chi connectivity index (χ1n) is 11.7. The second-order valence-corrected chi connectivity index (χ2v) is 9.80. The third-order valence-electron chi connectivity index (χ3n) is 5.93. The summed E-state index contributed by atoms with van der Waals surface area (Å²) in [5.74, 6) is -0.677. The molecule has 0 aliphatic carbocycles. The zero-order chi connectivity index (χ0) is 24.8. The lowest BCUT2D eigenvalue weighted by atomic mass is 9.94. The number of ketones is 1. The quantitative estimate of drug-likeness (QED) is 0.196. The summed E-state index contributed by atoms with van der Waals surface area (Å²) < 4.78 is 6.62. The fourth-order valence-corrected chi connectivity index (χ4v) is 4.58. The molecule has 1 atom stereocenters. The SMILES string of the molecule is CCCCOc1ccc(C(O)=C2C(=O)C(=O)N(CCCN(C)C)[C@@H]2c2cccc(Br)c2)c(C)c1. The first-order valence-corrected chi connectivity index (χ1v) is 12.5. The molecule has 1 N–H and O–H groups in total. The fourth-order valence-electron chi connectivity index (χ4n) is 4.16. The number of nitrogens with zero attached hydrogens (tertiary/aromatic N) is 2. The molecule has 6 nitrogen and oxygen atoms in total. The summed E-state index contributed by atoms with van der Waals surface area (Å²) in [4.78, 5) is 29.9. The Labute approximate surface area is 210 Å². The monoisotopic (exact) mass is 528 g/mol. The van der Waals surface area contributed by atoms with Crippen molar-refractivity contribution in [3.05, 3.63) is 69.2 Å². The first-order chi connectivity index (χ1) is 16.2. The van der Waals surface area contributed by atoms with Crippen molar-refractivity contribution in [2.75, 3.05) is 33.8 Å². The van der Waals surface area contributed by atoms with Gasteiger partial charge in [-0.05, 0) is 81.9 Å². The van der Waals surface area contributed by atoms with Crippen LogP contribution in [0.2, 0.25) is 0 Å². The van der Waals surface area contributed by atoms with Crippen molar-refractivity contribution in [2.24, 2.45) is 0 Å². The molecule has 34 heavy (non-hydrogen) atoms. The Hall–Kier alpha value is -2.64. The van der Waals surface area contributed by atoms with Gasteiger partial charge in [-0.25, -0.2) is 0 Å². The van der Waals surface area contributed by atoms with E-state index in [1.54, 1.807) is 17.0 Å². The summed E-state index contributed by atoms with van der Waals surface area (Å²) in [6, 6.07) is 12.3. The molecule has 0 radical (unpaired) electrons. The third kappa shape index (κ3) is 5.88. The standard InChI is InChI=1S/C27H33BrN2O4/c1-5-6-15-34-21-11-12-22(18(2)16-21)25(31)23-24(19-9-7-10-20(28)17-19)30(27(33)26(23)32)14-8-13-29(3)4/h7,9-12,16-17,24,31H,5-6,8,13-15H2,1-4H3/t24-/m1/s1. The van der Waals surface area contributed by atoms with Gasteiger partial charge in [0, 0.05) is 16.6 Å². The average molecular weight is 529 g/mol. The lowest BCUT2D eigenvalue weighted by molar-refractivity contribution is -0.139. The molecule has 2 aromatic carbocycles. The normalized spacial score (nSPS) is 17.6. The van der Waals surface area contributed by atoms with E-state index < -0.39 is 17.7 Å². The van der Waals surface area contributed by atoms with Crippen molar-refractivity contribution in [1.29, 1.82) is 0 Å². The van der Waals surface area contributed by atoms with E-state index in [0.717, 1.165) is 40.7 Å². The van der Waals surface area contributed by atoms with Gasteiger partial charge in [0.1, 0.15) is 11.5 Å². The summed E-state index contributed by atoms with van der Waals surface area (Å²) in [6.07, 6.45) is 2.72. The lowest BCUT2D eigenvalue weighted by Gasteiger charge is -2.26. The Bertz CT molecular complexity index is 1080. The van der Waals surface area contributed by atoms with Gasteiger partial charge in [-0.3, -0.25) is 9.59 Å². The van der Waals surface area contributed by atoms with Crippen molar-refractivity contribution in [3.63, 3.8) is 0 Å². The number of halogens is 1. The number of amides is 1. The van der Waals surface area contributed by atoms with Crippen molar-refractivity contribution in [3.8, 4) is 5.75 Å². The van der Waals surface area contributed by atoms with Crippen LogP contribution in [0.3, 0.4) is 0 Å². The molecule has 1 saturated heterocycles. The predicted octanol–water partition coefficient (Wildman–Crippen LogP) is 5.31. The highest BCUT2D eigenvalue weighted by atomic mass is 79.9. The second kappa shape index (κ2) is 11.7. The molecule has 0 spiro atoms. The van der Waals surface area contributed by atoms with Crippen LogP contribution >= 0.6 is 15.9 Å². The molecule has 0 unspecified atom stereocenters. The van der Waals surface area contributed by atoms with E-state index in [2.05, 4.69) is 22.9 Å². The van der Waals surface area contributed by atoms with Gasteiger partial charge in [-0.2, -0.15) is 0 Å². The minimum Gasteiger partial charge on any atom is -0.507 e. The largest absolute Gasteiger partial charge is 0.507 e. The molecular formula is C27H33BrN2O4. The van der Waals surface area contributed by atoms with Gasteiger partial charge in [0.25, 0.3) is 11.7 Å². The number of hydrogen-bond acceptors (Lipinski definition) is 5. The highest BCUT2D eigenvalue weighted by Gasteiger charge is 2.46. The summed E-state index contributed by atoms with van der Waals surface area (Å²) in [5.41, 5.74) is 2.19. The van der Waals surface area contributed by atoms with E-state index in [0.29, 0.717) is 25.1 Å². The minimum absolute atomic E-state index is 0.121. The summed E-state index contributed by atoms with van der Waals surface area (Å²) >= 11 is 3.49. The summed E-state index contributed by atoms with van der Waals surface area (Å²) in [5, 5.41) is 11.3. The predicted molar refractivity (Wildman–Crippen MR) is 138 cm³/mol. The van der Waals surface area contributed by atoms with Crippen LogP contribution in [0, 0.1) is 6.92 Å². The Morgan fingerprint density at radius 2 is 1.91 bits per heavy atom. The molecule has 3 rings (SSSR count). The fraction of sp³-hybridized carbons (Fsp3) is 0.407. The van der Waals surface area contributed by atoms with E-state index in [-0.39, 0.29) is 11.3 Å². The molecule has 182 valence electrons. The van der Waals surface area contributed by atoms with E-state index in [1.807, 2.05) is 56.3 Å². The third-order valence-corrected chi connectivity index (χ3v) is 6.42. The van der Waals surface area contributed by atoms with E-state index >= 15 is 0 Å². The van der Waals surface area contributed by atoms with Crippen LogP contribution in [-0.4, -0.2) is 60.4 Å². The van der Waals surface area contributed by atoms with Crippen molar-refractivity contribution < 1.29 is 19.4 Å². The molecule has 0 bridgehead atoms. The van der Waals surface area contributed by atoms with Gasteiger partial charge in [0.05, 0.1) is 18.2 Å². The molecule has 1 amide bonds. The Kier molecular flexibility index (Phi) is 8.91. The van der Waals surface area contributed by atoms with Crippen LogP contribution in [0.25, 0.3) is 5.76 Å². The maximum atomic E-state index is 13.2. The number of hydrogen-bond donors (Lipinski definition) is 1. The van der Waals surface area contributed by atoms with Crippen LogP contribution in [0.4, 0.5) is 0 Å². The van der Waals surface area contributed by atoms with Crippen LogP contribution in [0.1, 0.15) is 48.9 Å². The molecule has 2 aromatic rings. The number of rotatable bonds is 10. The van der Waals surface area contributed by atoms with E-state index in [1.165, 1.54) is 0 Å². The first kappa shape index (κ1) is 26.0. The van der Waals surface area contributed by atoms with Gasteiger partial charge in [0.2, 0.25) is 0 Å². The topological polar surface area (TPSA) is 70.1 Å². The maximum absolute atomic E-state index is 13.2. The number of carbonyl (C=O) groups is 2. The number of unbranched alkanes of at least 4 members (excludes halogenated alkanes) is 1. The van der Waals surface area contributed by atoms with Crippen LogP contribution < -0.4 is 4.74 Å². The number of likely N-dealkylation sites (tertiary alicyclic amines) is 1. The number of benzene rings is 2. The van der Waals surface area contributed by atoms with Gasteiger partial charge in [-0.15, -0.1) is 0 Å². The lowest BCUT2D eigenvalue weighted by Crippen LogP contribution is -2.32. The smallest absolute Gasteiger partial charge is 0.295 e. The zero-order valence-electron chi connectivity index (χ0n) is 20.3.